The molecule has 0 bridgehead atoms. The molecule has 0 spiro atoms. The molecule has 21 heavy (non-hydrogen) atoms. The van der Waals surface area contributed by atoms with Crippen LogP contribution in [-0.2, 0) is 12.8 Å². The first-order valence-electron chi connectivity index (χ1n) is 7.93. The molecule has 112 valence electrons. The zero-order valence-corrected chi connectivity index (χ0v) is 13.2. The molecule has 0 amide bonds. The van der Waals surface area contributed by atoms with Crippen LogP contribution in [-0.4, -0.2) is 0 Å². The van der Waals surface area contributed by atoms with Crippen molar-refractivity contribution in [3.8, 4) is 11.1 Å². The van der Waals surface area contributed by atoms with Gasteiger partial charge in [-0.1, -0.05) is 44.9 Å². The highest BCUT2D eigenvalue weighted by atomic mass is 14.6. The number of rotatable bonds is 6. The minimum absolute atomic E-state index is 0.804. The summed E-state index contributed by atoms with van der Waals surface area (Å²) in [5.74, 6) is 0. The van der Waals surface area contributed by atoms with E-state index in [0.717, 1.165) is 30.6 Å². The van der Waals surface area contributed by atoms with E-state index in [1.165, 1.54) is 35.1 Å². The van der Waals surface area contributed by atoms with Gasteiger partial charge in [-0.15, -0.1) is 0 Å². The lowest BCUT2D eigenvalue weighted by Gasteiger charge is -2.17. The largest absolute Gasteiger partial charge is 0.399 e. The fourth-order valence-electron chi connectivity index (χ4n) is 2.83. The predicted molar refractivity (Wildman–Crippen MR) is 93.3 cm³/mol. The van der Waals surface area contributed by atoms with Crippen molar-refractivity contribution in [2.24, 2.45) is 0 Å². The molecule has 0 radical (unpaired) electrons. The Balaban J connectivity index is 2.52. The molecule has 0 fully saturated rings. The standard InChI is InChI=1S/C19H26N2/c1-3-5-7-17-16(14-8-10-15(20)11-9-14)12-13-19(21)18(17)6-4-2/h8-13H,3-7,20-21H2,1-2H3. The Morgan fingerprint density at radius 3 is 2.10 bits per heavy atom. The summed E-state index contributed by atoms with van der Waals surface area (Å²) >= 11 is 0. The summed E-state index contributed by atoms with van der Waals surface area (Å²) in [6.07, 6.45) is 5.66. The van der Waals surface area contributed by atoms with Crippen LogP contribution in [0.5, 0.6) is 0 Å². The molecule has 0 aliphatic carbocycles. The van der Waals surface area contributed by atoms with Crippen LogP contribution in [0.15, 0.2) is 36.4 Å². The SMILES string of the molecule is CCCCc1c(-c2ccc(N)cc2)ccc(N)c1CCC. The monoisotopic (exact) mass is 282 g/mol. The summed E-state index contributed by atoms with van der Waals surface area (Å²) in [5.41, 5.74) is 19.1. The number of benzene rings is 2. The number of nitrogen functional groups attached to an aromatic ring is 2. The van der Waals surface area contributed by atoms with Crippen LogP contribution >= 0.6 is 0 Å². The Labute approximate surface area is 128 Å². The molecule has 0 aromatic heterocycles. The van der Waals surface area contributed by atoms with Gasteiger partial charge in [-0.2, -0.15) is 0 Å². The second-order valence-electron chi connectivity index (χ2n) is 5.64. The van der Waals surface area contributed by atoms with Crippen molar-refractivity contribution < 1.29 is 0 Å². The molecule has 2 aromatic rings. The molecule has 4 N–H and O–H groups in total. The summed E-state index contributed by atoms with van der Waals surface area (Å²) in [7, 11) is 0. The Morgan fingerprint density at radius 2 is 1.48 bits per heavy atom. The molecule has 0 aliphatic rings. The summed E-state index contributed by atoms with van der Waals surface area (Å²) in [5, 5.41) is 0. The molecule has 2 aromatic carbocycles. The Hall–Kier alpha value is -1.96. The number of unbranched alkanes of at least 4 members (excludes halogenated alkanes) is 1. The minimum atomic E-state index is 0.804. The molecular weight excluding hydrogens is 256 g/mol. The number of nitrogens with two attached hydrogens (primary N) is 2. The molecular formula is C19H26N2. The molecule has 0 unspecified atom stereocenters. The van der Waals surface area contributed by atoms with E-state index >= 15 is 0 Å². The normalized spacial score (nSPS) is 10.8. The summed E-state index contributed by atoms with van der Waals surface area (Å²) in [6, 6.07) is 12.3. The van der Waals surface area contributed by atoms with Gasteiger partial charge in [0.2, 0.25) is 0 Å². The van der Waals surface area contributed by atoms with Crippen molar-refractivity contribution in [3.63, 3.8) is 0 Å². The van der Waals surface area contributed by atoms with Crippen LogP contribution in [0.25, 0.3) is 11.1 Å². The maximum absolute atomic E-state index is 6.23. The zero-order chi connectivity index (χ0) is 15.2. The van der Waals surface area contributed by atoms with Crippen LogP contribution in [0.2, 0.25) is 0 Å². The van der Waals surface area contributed by atoms with Gasteiger partial charge >= 0.3 is 0 Å². The lowest BCUT2D eigenvalue weighted by molar-refractivity contribution is 0.782. The van der Waals surface area contributed by atoms with Crippen LogP contribution in [0.4, 0.5) is 11.4 Å². The van der Waals surface area contributed by atoms with Crippen molar-refractivity contribution in [2.45, 2.75) is 46.0 Å². The maximum Gasteiger partial charge on any atom is 0.0349 e. The topological polar surface area (TPSA) is 52.0 Å². The fraction of sp³-hybridized carbons (Fsp3) is 0.368. The van der Waals surface area contributed by atoms with Gasteiger partial charge in [-0.3, -0.25) is 0 Å². The third-order valence-electron chi connectivity index (χ3n) is 3.97. The lowest BCUT2D eigenvalue weighted by Crippen LogP contribution is -2.03. The maximum atomic E-state index is 6.23. The predicted octanol–water partition coefficient (Wildman–Crippen LogP) is 4.81. The Morgan fingerprint density at radius 1 is 0.762 bits per heavy atom. The van der Waals surface area contributed by atoms with Crippen molar-refractivity contribution in [2.75, 3.05) is 11.5 Å². The van der Waals surface area contributed by atoms with Crippen LogP contribution < -0.4 is 11.5 Å². The smallest absolute Gasteiger partial charge is 0.0349 e. The second-order valence-corrected chi connectivity index (χ2v) is 5.64. The second kappa shape index (κ2) is 7.16. The Bertz CT molecular complexity index is 585. The van der Waals surface area contributed by atoms with E-state index in [4.69, 9.17) is 11.5 Å². The highest BCUT2D eigenvalue weighted by Crippen LogP contribution is 2.32. The molecule has 0 heterocycles. The number of hydrogen-bond acceptors (Lipinski definition) is 2. The van der Waals surface area contributed by atoms with Gasteiger partial charge in [0.1, 0.15) is 0 Å². The van der Waals surface area contributed by atoms with E-state index in [0.29, 0.717) is 0 Å². The van der Waals surface area contributed by atoms with E-state index in [2.05, 4.69) is 32.0 Å². The van der Waals surface area contributed by atoms with Crippen molar-refractivity contribution in [1.29, 1.82) is 0 Å². The average molecular weight is 282 g/mol. The van der Waals surface area contributed by atoms with Gasteiger partial charge in [0, 0.05) is 11.4 Å². The number of anilines is 2. The lowest BCUT2D eigenvalue weighted by atomic mass is 9.89. The van der Waals surface area contributed by atoms with Gasteiger partial charge < -0.3 is 11.5 Å². The van der Waals surface area contributed by atoms with E-state index in [1.807, 2.05) is 18.2 Å². The van der Waals surface area contributed by atoms with E-state index < -0.39 is 0 Å². The van der Waals surface area contributed by atoms with Gasteiger partial charge in [0.05, 0.1) is 0 Å². The van der Waals surface area contributed by atoms with Gasteiger partial charge in [0.15, 0.2) is 0 Å². The first kappa shape index (κ1) is 15.4. The van der Waals surface area contributed by atoms with Gasteiger partial charge in [-0.25, -0.2) is 0 Å². The van der Waals surface area contributed by atoms with Crippen LogP contribution in [0.1, 0.15) is 44.2 Å². The molecule has 2 rings (SSSR count). The van der Waals surface area contributed by atoms with Crippen LogP contribution in [0, 0.1) is 0 Å². The quantitative estimate of drug-likeness (QED) is 0.747. The molecule has 0 atom stereocenters. The van der Waals surface area contributed by atoms with E-state index in [9.17, 15) is 0 Å². The van der Waals surface area contributed by atoms with Crippen LogP contribution in [0.3, 0.4) is 0 Å². The molecule has 2 nitrogen and oxygen atoms in total. The zero-order valence-electron chi connectivity index (χ0n) is 13.2. The fourth-order valence-corrected chi connectivity index (χ4v) is 2.83. The summed E-state index contributed by atoms with van der Waals surface area (Å²) in [6.45, 7) is 4.44. The molecule has 0 aliphatic heterocycles. The minimum Gasteiger partial charge on any atom is -0.399 e. The summed E-state index contributed by atoms with van der Waals surface area (Å²) < 4.78 is 0. The van der Waals surface area contributed by atoms with Gasteiger partial charge in [-0.05, 0) is 59.7 Å². The van der Waals surface area contributed by atoms with Crippen molar-refractivity contribution in [1.82, 2.24) is 0 Å². The molecule has 0 saturated heterocycles. The highest BCUT2D eigenvalue weighted by Gasteiger charge is 2.12. The van der Waals surface area contributed by atoms with Crippen molar-refractivity contribution in [3.05, 3.63) is 47.5 Å². The number of hydrogen-bond donors (Lipinski definition) is 2. The molecule has 2 heteroatoms. The average Bonchev–Trinajstić information content (AvgIpc) is 2.49. The van der Waals surface area contributed by atoms with Crippen molar-refractivity contribution >= 4 is 11.4 Å². The third kappa shape index (κ3) is 3.57. The van der Waals surface area contributed by atoms with Gasteiger partial charge in [0.25, 0.3) is 0 Å². The first-order valence-corrected chi connectivity index (χ1v) is 7.93. The first-order chi connectivity index (χ1) is 10.2. The highest BCUT2D eigenvalue weighted by molar-refractivity contribution is 5.73. The summed E-state index contributed by atoms with van der Waals surface area (Å²) in [4.78, 5) is 0. The third-order valence-corrected chi connectivity index (χ3v) is 3.97. The molecule has 0 saturated carbocycles. The Kier molecular flexibility index (Phi) is 5.26. The van der Waals surface area contributed by atoms with E-state index in [-0.39, 0.29) is 0 Å². The van der Waals surface area contributed by atoms with E-state index in [1.54, 1.807) is 0 Å².